The van der Waals surface area contributed by atoms with Crippen LogP contribution >= 0.6 is 23.1 Å². The SMILES string of the molecule is O=S(=O)(NCc1cncc(-c2cccs2)c1)c1cccc2nsnc12. The third kappa shape index (κ3) is 3.31. The molecule has 3 aromatic heterocycles. The normalized spacial score (nSPS) is 11.8. The lowest BCUT2D eigenvalue weighted by Crippen LogP contribution is -2.23. The number of hydrogen-bond acceptors (Lipinski definition) is 7. The number of thiophene rings is 1. The molecule has 0 aliphatic heterocycles. The molecule has 0 bridgehead atoms. The molecule has 0 saturated heterocycles. The van der Waals surface area contributed by atoms with Crippen molar-refractivity contribution in [3.05, 3.63) is 59.7 Å². The fraction of sp³-hybridized carbons (Fsp3) is 0.0625. The topological polar surface area (TPSA) is 84.8 Å². The summed E-state index contributed by atoms with van der Waals surface area (Å²) >= 11 is 2.61. The van der Waals surface area contributed by atoms with E-state index in [2.05, 4.69) is 18.5 Å². The molecule has 0 atom stereocenters. The molecular weight excluding hydrogens is 376 g/mol. The van der Waals surface area contributed by atoms with Gasteiger partial charge < -0.3 is 0 Å². The quantitative estimate of drug-likeness (QED) is 0.567. The van der Waals surface area contributed by atoms with Crippen LogP contribution < -0.4 is 4.72 Å². The van der Waals surface area contributed by atoms with Gasteiger partial charge in [-0.3, -0.25) is 4.98 Å². The highest BCUT2D eigenvalue weighted by atomic mass is 32.2. The average Bonchev–Trinajstić information content (AvgIpc) is 3.31. The van der Waals surface area contributed by atoms with Gasteiger partial charge in [0, 0.05) is 29.4 Å². The Morgan fingerprint density at radius 3 is 2.84 bits per heavy atom. The second kappa shape index (κ2) is 6.60. The minimum absolute atomic E-state index is 0.140. The van der Waals surface area contributed by atoms with Gasteiger partial charge >= 0.3 is 0 Å². The van der Waals surface area contributed by atoms with E-state index in [1.54, 1.807) is 35.9 Å². The van der Waals surface area contributed by atoms with Gasteiger partial charge in [0.15, 0.2) is 0 Å². The van der Waals surface area contributed by atoms with Crippen molar-refractivity contribution in [1.82, 2.24) is 18.5 Å². The summed E-state index contributed by atoms with van der Waals surface area (Å²) in [5.41, 5.74) is 2.73. The molecule has 9 heteroatoms. The highest BCUT2D eigenvalue weighted by molar-refractivity contribution is 7.89. The minimum atomic E-state index is -3.69. The van der Waals surface area contributed by atoms with Gasteiger partial charge in [-0.1, -0.05) is 12.1 Å². The van der Waals surface area contributed by atoms with E-state index in [1.807, 2.05) is 23.6 Å². The molecule has 0 spiro atoms. The number of fused-ring (bicyclic) bond motifs is 1. The number of sulfonamides is 1. The molecule has 0 amide bonds. The van der Waals surface area contributed by atoms with Crippen LogP contribution in [0, 0.1) is 0 Å². The number of nitrogens with zero attached hydrogens (tertiary/aromatic N) is 3. The summed E-state index contributed by atoms with van der Waals surface area (Å²) in [6.45, 7) is 0.155. The largest absolute Gasteiger partial charge is 0.264 e. The van der Waals surface area contributed by atoms with E-state index in [9.17, 15) is 8.42 Å². The van der Waals surface area contributed by atoms with Crippen LogP contribution in [0.2, 0.25) is 0 Å². The van der Waals surface area contributed by atoms with Crippen LogP contribution in [0.3, 0.4) is 0 Å². The van der Waals surface area contributed by atoms with Crippen molar-refractivity contribution in [2.75, 3.05) is 0 Å². The molecule has 0 unspecified atom stereocenters. The van der Waals surface area contributed by atoms with E-state index in [4.69, 9.17) is 0 Å². The van der Waals surface area contributed by atoms with Crippen LogP contribution in [0.4, 0.5) is 0 Å². The Balaban J connectivity index is 1.59. The summed E-state index contributed by atoms with van der Waals surface area (Å²) in [6.07, 6.45) is 3.43. The van der Waals surface area contributed by atoms with Crippen LogP contribution in [0.1, 0.15) is 5.56 Å². The van der Waals surface area contributed by atoms with E-state index in [0.29, 0.717) is 11.0 Å². The van der Waals surface area contributed by atoms with Crippen LogP contribution in [-0.2, 0) is 16.6 Å². The molecule has 0 saturated carbocycles. The molecule has 4 rings (SSSR count). The molecule has 0 aliphatic carbocycles. The number of hydrogen-bond donors (Lipinski definition) is 1. The number of pyridine rings is 1. The Morgan fingerprint density at radius 1 is 1.08 bits per heavy atom. The Bertz CT molecular complexity index is 1120. The molecule has 0 radical (unpaired) electrons. The van der Waals surface area contributed by atoms with E-state index in [1.165, 1.54) is 6.07 Å². The maximum Gasteiger partial charge on any atom is 0.243 e. The summed E-state index contributed by atoms with van der Waals surface area (Å²) in [7, 11) is -3.69. The molecule has 0 aliphatic rings. The summed E-state index contributed by atoms with van der Waals surface area (Å²) in [4.78, 5) is 5.44. The zero-order valence-electron chi connectivity index (χ0n) is 12.8. The van der Waals surface area contributed by atoms with Gasteiger partial charge in [0.1, 0.15) is 15.9 Å². The number of aromatic nitrogens is 3. The fourth-order valence-corrected chi connectivity index (χ4v) is 4.91. The molecule has 4 aromatic rings. The van der Waals surface area contributed by atoms with E-state index >= 15 is 0 Å². The first-order valence-electron chi connectivity index (χ1n) is 7.32. The lowest BCUT2D eigenvalue weighted by atomic mass is 10.2. The smallest absolute Gasteiger partial charge is 0.243 e. The zero-order valence-corrected chi connectivity index (χ0v) is 15.2. The van der Waals surface area contributed by atoms with Crippen LogP contribution in [0.15, 0.2) is 59.1 Å². The zero-order chi connectivity index (χ0) is 17.3. The molecule has 25 heavy (non-hydrogen) atoms. The van der Waals surface area contributed by atoms with Crippen LogP contribution in [0.25, 0.3) is 21.5 Å². The van der Waals surface area contributed by atoms with Gasteiger partial charge in [-0.05, 0) is 35.2 Å². The summed E-state index contributed by atoms with van der Waals surface area (Å²) < 4.78 is 36.1. The Kier molecular flexibility index (Phi) is 4.30. The monoisotopic (exact) mass is 388 g/mol. The molecular formula is C16H12N4O2S3. The third-order valence-electron chi connectivity index (χ3n) is 3.61. The van der Waals surface area contributed by atoms with Crippen molar-refractivity contribution < 1.29 is 8.42 Å². The fourth-order valence-electron chi connectivity index (χ4n) is 2.42. The number of benzene rings is 1. The van der Waals surface area contributed by atoms with Gasteiger partial charge in [-0.2, -0.15) is 8.75 Å². The van der Waals surface area contributed by atoms with Crippen molar-refractivity contribution in [3.63, 3.8) is 0 Å². The highest BCUT2D eigenvalue weighted by Crippen LogP contribution is 2.25. The summed E-state index contributed by atoms with van der Waals surface area (Å²) in [5, 5.41) is 1.99. The number of rotatable bonds is 5. The number of nitrogens with one attached hydrogen (secondary N) is 1. The van der Waals surface area contributed by atoms with E-state index in [0.717, 1.165) is 27.7 Å². The minimum Gasteiger partial charge on any atom is -0.264 e. The van der Waals surface area contributed by atoms with Crippen LogP contribution in [-0.4, -0.2) is 22.1 Å². The second-order valence-electron chi connectivity index (χ2n) is 5.27. The maximum atomic E-state index is 12.6. The van der Waals surface area contributed by atoms with Crippen molar-refractivity contribution >= 4 is 44.1 Å². The Morgan fingerprint density at radius 2 is 2.00 bits per heavy atom. The first-order chi connectivity index (χ1) is 12.1. The van der Waals surface area contributed by atoms with Crippen molar-refractivity contribution in [2.24, 2.45) is 0 Å². The molecule has 3 heterocycles. The van der Waals surface area contributed by atoms with Gasteiger partial charge in [0.25, 0.3) is 0 Å². The average molecular weight is 388 g/mol. The van der Waals surface area contributed by atoms with Crippen molar-refractivity contribution in [3.8, 4) is 10.4 Å². The molecule has 1 N–H and O–H groups in total. The summed E-state index contributed by atoms with van der Waals surface area (Å²) in [6, 6.07) is 10.9. The predicted octanol–water partition coefficient (Wildman–Crippen LogP) is 3.29. The lowest BCUT2D eigenvalue weighted by Gasteiger charge is -2.08. The lowest BCUT2D eigenvalue weighted by molar-refractivity contribution is 0.582. The Hall–Kier alpha value is -2.20. The van der Waals surface area contributed by atoms with Gasteiger partial charge in [-0.15, -0.1) is 11.3 Å². The highest BCUT2D eigenvalue weighted by Gasteiger charge is 2.19. The Labute approximate surface area is 152 Å². The standard InChI is InChI=1S/C16H12N4O2S3/c21-25(22,15-5-1-3-13-16(15)20-24-19-13)18-9-11-7-12(10-17-8-11)14-4-2-6-23-14/h1-8,10,18H,9H2. The van der Waals surface area contributed by atoms with Gasteiger partial charge in [0.2, 0.25) is 10.0 Å². The molecule has 126 valence electrons. The molecule has 6 nitrogen and oxygen atoms in total. The van der Waals surface area contributed by atoms with Gasteiger partial charge in [-0.25, -0.2) is 13.1 Å². The maximum absolute atomic E-state index is 12.6. The predicted molar refractivity (Wildman–Crippen MR) is 99.0 cm³/mol. The van der Waals surface area contributed by atoms with Crippen LogP contribution in [0.5, 0.6) is 0 Å². The first kappa shape index (κ1) is 16.3. The summed E-state index contributed by atoms with van der Waals surface area (Å²) in [5.74, 6) is 0. The van der Waals surface area contributed by atoms with E-state index < -0.39 is 10.0 Å². The van der Waals surface area contributed by atoms with Crippen molar-refractivity contribution in [1.29, 1.82) is 0 Å². The molecule has 0 fully saturated rings. The van der Waals surface area contributed by atoms with Gasteiger partial charge in [0.05, 0.1) is 11.7 Å². The van der Waals surface area contributed by atoms with E-state index in [-0.39, 0.29) is 11.4 Å². The first-order valence-corrected chi connectivity index (χ1v) is 10.4. The third-order valence-corrected chi connectivity index (χ3v) is 6.50. The molecule has 1 aromatic carbocycles. The van der Waals surface area contributed by atoms with Crippen molar-refractivity contribution in [2.45, 2.75) is 11.4 Å². The second-order valence-corrected chi connectivity index (χ2v) is 8.48.